The number of hydrogen-bond donors (Lipinski definition) is 0. The zero-order valence-electron chi connectivity index (χ0n) is 9.55. The molecule has 1 heteroatoms. The molecule has 0 amide bonds. The van der Waals surface area contributed by atoms with Crippen LogP contribution in [0.4, 0.5) is 0 Å². The highest BCUT2D eigenvalue weighted by atomic mass is 16.5. The Bertz CT molecular complexity index is 203. The first-order valence-electron chi connectivity index (χ1n) is 5.20. The van der Waals surface area contributed by atoms with Gasteiger partial charge in [-0.2, -0.15) is 0 Å². The Kier molecular flexibility index (Phi) is 3.18. The van der Waals surface area contributed by atoms with Crippen LogP contribution >= 0.6 is 0 Å². The molecule has 0 N–H and O–H groups in total. The number of methoxy groups -OCH3 is 1. The molecule has 0 fully saturated rings. The molecule has 2 unspecified atom stereocenters. The summed E-state index contributed by atoms with van der Waals surface area (Å²) in [5.41, 5.74) is 1.81. The van der Waals surface area contributed by atoms with Gasteiger partial charge < -0.3 is 4.74 Å². The van der Waals surface area contributed by atoms with Crippen LogP contribution in [0.3, 0.4) is 0 Å². The van der Waals surface area contributed by atoms with Crippen LogP contribution in [-0.2, 0) is 4.74 Å². The van der Waals surface area contributed by atoms with E-state index in [0.717, 1.165) is 5.92 Å². The summed E-state index contributed by atoms with van der Waals surface area (Å²) in [6.07, 6.45) is 5.16. The smallest absolute Gasteiger partial charge is 0.0758 e. The van der Waals surface area contributed by atoms with Crippen molar-refractivity contribution < 1.29 is 4.74 Å². The van der Waals surface area contributed by atoms with Crippen molar-refractivity contribution in [1.29, 1.82) is 0 Å². The van der Waals surface area contributed by atoms with Crippen molar-refractivity contribution in [3.8, 4) is 0 Å². The van der Waals surface area contributed by atoms with E-state index in [1.54, 1.807) is 7.11 Å². The zero-order chi connectivity index (χ0) is 10.1. The first kappa shape index (κ1) is 10.8. The molecule has 0 bridgehead atoms. The van der Waals surface area contributed by atoms with Gasteiger partial charge in [-0.1, -0.05) is 26.8 Å². The van der Waals surface area contributed by atoms with Crippen LogP contribution in [0.5, 0.6) is 0 Å². The van der Waals surface area contributed by atoms with Crippen molar-refractivity contribution >= 4 is 0 Å². The Balaban J connectivity index is 2.82. The molecule has 0 aromatic carbocycles. The molecule has 0 radical (unpaired) electrons. The predicted octanol–water partition coefficient (Wildman–Crippen LogP) is 3.40. The number of hydrogen-bond acceptors (Lipinski definition) is 1. The van der Waals surface area contributed by atoms with Gasteiger partial charge >= 0.3 is 0 Å². The fraction of sp³-hybridized carbons (Fsp3) is 0.833. The molecule has 0 aromatic heterocycles. The standard InChI is InChI=1S/C12H22O/c1-9-6-7-11(10(2)13-5)12(3,4)8-9/h7,9-10H,6,8H2,1-5H3. The van der Waals surface area contributed by atoms with Crippen LogP contribution in [-0.4, -0.2) is 13.2 Å². The Morgan fingerprint density at radius 1 is 1.54 bits per heavy atom. The third-order valence-electron chi connectivity index (χ3n) is 3.17. The molecule has 0 aromatic rings. The van der Waals surface area contributed by atoms with Gasteiger partial charge in [-0.05, 0) is 36.7 Å². The molecular weight excluding hydrogens is 160 g/mol. The van der Waals surface area contributed by atoms with Crippen molar-refractivity contribution in [3.05, 3.63) is 11.6 Å². The van der Waals surface area contributed by atoms with Gasteiger partial charge in [-0.25, -0.2) is 0 Å². The van der Waals surface area contributed by atoms with Crippen molar-refractivity contribution in [3.63, 3.8) is 0 Å². The van der Waals surface area contributed by atoms with Gasteiger partial charge in [0.1, 0.15) is 0 Å². The highest BCUT2D eigenvalue weighted by Crippen LogP contribution is 2.41. The van der Waals surface area contributed by atoms with E-state index in [0.29, 0.717) is 5.41 Å². The van der Waals surface area contributed by atoms with Gasteiger partial charge in [0.25, 0.3) is 0 Å². The maximum Gasteiger partial charge on any atom is 0.0758 e. The monoisotopic (exact) mass is 182 g/mol. The third kappa shape index (κ3) is 2.34. The molecule has 1 aliphatic carbocycles. The maximum atomic E-state index is 5.39. The number of rotatable bonds is 2. The van der Waals surface area contributed by atoms with Gasteiger partial charge in [-0.3, -0.25) is 0 Å². The van der Waals surface area contributed by atoms with Crippen molar-refractivity contribution in [2.75, 3.05) is 7.11 Å². The highest BCUT2D eigenvalue weighted by Gasteiger charge is 2.31. The Hall–Kier alpha value is -0.300. The minimum absolute atomic E-state index is 0.280. The summed E-state index contributed by atoms with van der Waals surface area (Å²) in [7, 11) is 1.79. The Labute approximate surface area is 82.2 Å². The van der Waals surface area contributed by atoms with Crippen LogP contribution < -0.4 is 0 Å². The van der Waals surface area contributed by atoms with Crippen LogP contribution in [0.15, 0.2) is 11.6 Å². The lowest BCUT2D eigenvalue weighted by Gasteiger charge is -2.37. The summed E-state index contributed by atoms with van der Waals surface area (Å²) in [6, 6.07) is 0. The fourth-order valence-corrected chi connectivity index (χ4v) is 2.52. The molecule has 76 valence electrons. The van der Waals surface area contributed by atoms with Crippen molar-refractivity contribution in [1.82, 2.24) is 0 Å². The molecule has 1 rings (SSSR count). The van der Waals surface area contributed by atoms with Gasteiger partial charge in [0, 0.05) is 7.11 Å². The van der Waals surface area contributed by atoms with E-state index in [9.17, 15) is 0 Å². The average Bonchev–Trinajstić information content (AvgIpc) is 2.01. The average molecular weight is 182 g/mol. The first-order valence-corrected chi connectivity index (χ1v) is 5.20. The van der Waals surface area contributed by atoms with Crippen molar-refractivity contribution in [2.24, 2.45) is 11.3 Å². The number of allylic oxidation sites excluding steroid dienone is 1. The Morgan fingerprint density at radius 2 is 2.15 bits per heavy atom. The molecule has 1 nitrogen and oxygen atoms in total. The van der Waals surface area contributed by atoms with Gasteiger partial charge in [0.05, 0.1) is 6.10 Å². The molecule has 0 saturated heterocycles. The summed E-state index contributed by atoms with van der Waals surface area (Å²) < 4.78 is 5.39. The van der Waals surface area contributed by atoms with Gasteiger partial charge in [0.2, 0.25) is 0 Å². The molecular formula is C12H22O. The summed E-state index contributed by atoms with van der Waals surface area (Å²) in [5.74, 6) is 0.822. The van der Waals surface area contributed by atoms with Crippen molar-refractivity contribution in [2.45, 2.75) is 46.6 Å². The molecule has 1 aliphatic rings. The van der Waals surface area contributed by atoms with E-state index < -0.39 is 0 Å². The molecule has 0 aliphatic heterocycles. The lowest BCUT2D eigenvalue weighted by Crippen LogP contribution is -2.29. The van der Waals surface area contributed by atoms with E-state index in [4.69, 9.17) is 4.74 Å². The third-order valence-corrected chi connectivity index (χ3v) is 3.17. The first-order chi connectivity index (χ1) is 5.97. The second kappa shape index (κ2) is 3.83. The van der Waals surface area contributed by atoms with E-state index in [1.165, 1.54) is 18.4 Å². The SMILES string of the molecule is COC(C)C1=CCC(C)CC1(C)C. The van der Waals surface area contributed by atoms with Crippen LogP contribution in [0.1, 0.15) is 40.5 Å². The molecule has 0 heterocycles. The second-order valence-electron chi connectivity index (χ2n) is 4.97. The normalized spacial score (nSPS) is 29.6. The van der Waals surface area contributed by atoms with Gasteiger partial charge in [0.15, 0.2) is 0 Å². The molecule has 13 heavy (non-hydrogen) atoms. The lowest BCUT2D eigenvalue weighted by molar-refractivity contribution is 0.117. The van der Waals surface area contributed by atoms with Crippen LogP contribution in [0, 0.1) is 11.3 Å². The highest BCUT2D eigenvalue weighted by molar-refractivity contribution is 5.19. The number of ether oxygens (including phenoxy) is 1. The van der Waals surface area contributed by atoms with Gasteiger partial charge in [-0.15, -0.1) is 0 Å². The summed E-state index contributed by atoms with van der Waals surface area (Å²) >= 11 is 0. The van der Waals surface area contributed by atoms with Crippen LogP contribution in [0.2, 0.25) is 0 Å². The minimum atomic E-state index is 0.280. The molecule has 0 spiro atoms. The Morgan fingerprint density at radius 3 is 2.62 bits per heavy atom. The summed E-state index contributed by atoms with van der Waals surface area (Å²) in [4.78, 5) is 0. The molecule has 0 saturated carbocycles. The van der Waals surface area contributed by atoms with E-state index in [1.807, 2.05) is 0 Å². The molecule has 2 atom stereocenters. The predicted molar refractivity (Wildman–Crippen MR) is 56.7 cm³/mol. The lowest BCUT2D eigenvalue weighted by atomic mass is 9.70. The maximum absolute atomic E-state index is 5.39. The van der Waals surface area contributed by atoms with E-state index in [-0.39, 0.29) is 6.10 Å². The largest absolute Gasteiger partial charge is 0.377 e. The zero-order valence-corrected chi connectivity index (χ0v) is 9.55. The van der Waals surface area contributed by atoms with E-state index in [2.05, 4.69) is 33.8 Å². The minimum Gasteiger partial charge on any atom is -0.377 e. The summed E-state index contributed by atoms with van der Waals surface area (Å²) in [6.45, 7) is 9.12. The summed E-state index contributed by atoms with van der Waals surface area (Å²) in [5, 5.41) is 0. The fourth-order valence-electron chi connectivity index (χ4n) is 2.52. The van der Waals surface area contributed by atoms with Crippen LogP contribution in [0.25, 0.3) is 0 Å². The second-order valence-corrected chi connectivity index (χ2v) is 4.97. The van der Waals surface area contributed by atoms with E-state index >= 15 is 0 Å². The quantitative estimate of drug-likeness (QED) is 0.595. The topological polar surface area (TPSA) is 9.23 Å².